The van der Waals surface area contributed by atoms with Crippen LogP contribution in [0.15, 0.2) is 11.6 Å². The van der Waals surface area contributed by atoms with Crippen LogP contribution in [0.5, 0.6) is 0 Å². The van der Waals surface area contributed by atoms with Gasteiger partial charge >= 0.3 is 0 Å². The minimum atomic E-state index is 0.323. The average Bonchev–Trinajstić information content (AvgIpc) is 2.41. The summed E-state index contributed by atoms with van der Waals surface area (Å²) in [6, 6.07) is 0. The van der Waals surface area contributed by atoms with Crippen molar-refractivity contribution in [3.8, 4) is 0 Å². The molecular formula is C14H26O. The molecule has 0 aromatic rings. The number of aliphatic hydroxyl groups is 1. The van der Waals surface area contributed by atoms with Gasteiger partial charge in [-0.1, -0.05) is 39.3 Å². The van der Waals surface area contributed by atoms with Crippen molar-refractivity contribution in [1.29, 1.82) is 0 Å². The van der Waals surface area contributed by atoms with Crippen LogP contribution in [-0.4, -0.2) is 11.7 Å². The summed E-state index contributed by atoms with van der Waals surface area (Å²) in [7, 11) is 0. The molecule has 0 aromatic carbocycles. The van der Waals surface area contributed by atoms with Crippen molar-refractivity contribution in [1.82, 2.24) is 0 Å². The van der Waals surface area contributed by atoms with Crippen molar-refractivity contribution in [2.75, 3.05) is 6.61 Å². The maximum absolute atomic E-state index is 9.10. The van der Waals surface area contributed by atoms with Gasteiger partial charge in [0.25, 0.3) is 0 Å². The summed E-state index contributed by atoms with van der Waals surface area (Å²) >= 11 is 0. The Labute approximate surface area is 94.6 Å². The molecule has 1 rings (SSSR count). The summed E-state index contributed by atoms with van der Waals surface area (Å²) in [6.45, 7) is 11.8. The standard InChI is InChI=1S/C14H26O/c1-10(9-15)8-11(2)13-7-6-12(3)14(13,4)5/h6,10-11,13,15H,7-9H2,1-5H3/t10-,11-,13?/m0/s1. The molecular weight excluding hydrogens is 184 g/mol. The number of rotatable bonds is 4. The van der Waals surface area contributed by atoms with E-state index < -0.39 is 0 Å². The molecule has 0 radical (unpaired) electrons. The molecule has 0 saturated carbocycles. The molecule has 1 nitrogen and oxygen atoms in total. The molecule has 1 heteroatoms. The van der Waals surface area contributed by atoms with E-state index in [0.717, 1.165) is 12.3 Å². The molecule has 1 aliphatic carbocycles. The van der Waals surface area contributed by atoms with Crippen molar-refractivity contribution in [3.05, 3.63) is 11.6 Å². The predicted molar refractivity (Wildman–Crippen MR) is 65.7 cm³/mol. The second kappa shape index (κ2) is 4.69. The summed E-state index contributed by atoms with van der Waals surface area (Å²) in [5, 5.41) is 9.10. The highest BCUT2D eigenvalue weighted by Crippen LogP contribution is 2.47. The van der Waals surface area contributed by atoms with E-state index >= 15 is 0 Å². The monoisotopic (exact) mass is 210 g/mol. The molecule has 0 fully saturated rings. The first-order chi connectivity index (χ1) is 6.89. The first kappa shape index (κ1) is 12.8. The van der Waals surface area contributed by atoms with E-state index in [-0.39, 0.29) is 0 Å². The fourth-order valence-corrected chi connectivity index (χ4v) is 2.97. The quantitative estimate of drug-likeness (QED) is 0.702. The Balaban J connectivity index is 2.59. The van der Waals surface area contributed by atoms with Crippen molar-refractivity contribution in [2.45, 2.75) is 47.5 Å². The Morgan fingerprint density at radius 3 is 2.47 bits per heavy atom. The van der Waals surface area contributed by atoms with Crippen LogP contribution in [0.4, 0.5) is 0 Å². The lowest BCUT2D eigenvalue weighted by Crippen LogP contribution is -2.27. The van der Waals surface area contributed by atoms with E-state index in [0.29, 0.717) is 23.9 Å². The summed E-state index contributed by atoms with van der Waals surface area (Å²) in [4.78, 5) is 0. The van der Waals surface area contributed by atoms with Gasteiger partial charge in [0.15, 0.2) is 0 Å². The van der Waals surface area contributed by atoms with Crippen LogP contribution in [0.1, 0.15) is 47.5 Å². The third kappa shape index (κ3) is 2.63. The Kier molecular flexibility index (Phi) is 3.99. The van der Waals surface area contributed by atoms with E-state index in [4.69, 9.17) is 5.11 Å². The molecule has 0 amide bonds. The number of hydrogen-bond donors (Lipinski definition) is 1. The molecule has 3 atom stereocenters. The third-order valence-electron chi connectivity index (χ3n) is 4.39. The number of allylic oxidation sites excluding steroid dienone is 2. The van der Waals surface area contributed by atoms with Crippen molar-refractivity contribution in [2.24, 2.45) is 23.2 Å². The van der Waals surface area contributed by atoms with Gasteiger partial charge in [0, 0.05) is 6.61 Å². The Morgan fingerprint density at radius 2 is 2.07 bits per heavy atom. The zero-order chi connectivity index (χ0) is 11.6. The van der Waals surface area contributed by atoms with Gasteiger partial charge in [-0.3, -0.25) is 0 Å². The van der Waals surface area contributed by atoms with Crippen LogP contribution >= 0.6 is 0 Å². The van der Waals surface area contributed by atoms with E-state index in [1.165, 1.54) is 12.0 Å². The van der Waals surface area contributed by atoms with Gasteiger partial charge in [-0.25, -0.2) is 0 Å². The van der Waals surface area contributed by atoms with Crippen LogP contribution in [-0.2, 0) is 0 Å². The predicted octanol–water partition coefficient (Wildman–Crippen LogP) is 3.63. The molecule has 0 spiro atoms. The summed E-state index contributed by atoms with van der Waals surface area (Å²) in [5.74, 6) is 1.90. The molecule has 1 N–H and O–H groups in total. The zero-order valence-corrected chi connectivity index (χ0v) is 10.9. The van der Waals surface area contributed by atoms with E-state index in [1.54, 1.807) is 0 Å². The van der Waals surface area contributed by atoms with Gasteiger partial charge < -0.3 is 5.11 Å². The molecule has 1 unspecified atom stereocenters. The third-order valence-corrected chi connectivity index (χ3v) is 4.39. The maximum Gasteiger partial charge on any atom is 0.0456 e. The van der Waals surface area contributed by atoms with Crippen molar-refractivity contribution >= 4 is 0 Å². The molecule has 88 valence electrons. The largest absolute Gasteiger partial charge is 0.396 e. The smallest absolute Gasteiger partial charge is 0.0456 e. The lowest BCUT2D eigenvalue weighted by Gasteiger charge is -2.35. The Morgan fingerprint density at radius 1 is 1.47 bits per heavy atom. The summed E-state index contributed by atoms with van der Waals surface area (Å²) < 4.78 is 0. The second-order valence-electron chi connectivity index (χ2n) is 5.95. The lowest BCUT2D eigenvalue weighted by atomic mass is 9.70. The summed E-state index contributed by atoms with van der Waals surface area (Å²) in [5.41, 5.74) is 1.89. The molecule has 1 aliphatic rings. The lowest BCUT2D eigenvalue weighted by molar-refractivity contribution is 0.154. The maximum atomic E-state index is 9.10. The Hall–Kier alpha value is -0.300. The van der Waals surface area contributed by atoms with Gasteiger partial charge in [0.2, 0.25) is 0 Å². The van der Waals surface area contributed by atoms with Crippen LogP contribution < -0.4 is 0 Å². The normalized spacial score (nSPS) is 28.7. The number of hydrogen-bond acceptors (Lipinski definition) is 1. The summed E-state index contributed by atoms with van der Waals surface area (Å²) in [6.07, 6.45) is 4.76. The fraction of sp³-hybridized carbons (Fsp3) is 0.857. The van der Waals surface area contributed by atoms with Crippen LogP contribution in [0.2, 0.25) is 0 Å². The van der Waals surface area contributed by atoms with E-state index in [2.05, 4.69) is 40.7 Å². The van der Waals surface area contributed by atoms with Gasteiger partial charge in [-0.2, -0.15) is 0 Å². The molecule has 0 bridgehead atoms. The fourth-order valence-electron chi connectivity index (χ4n) is 2.97. The molecule has 0 aromatic heterocycles. The molecule has 15 heavy (non-hydrogen) atoms. The first-order valence-corrected chi connectivity index (χ1v) is 6.17. The highest BCUT2D eigenvalue weighted by atomic mass is 16.3. The number of aliphatic hydroxyl groups excluding tert-OH is 1. The van der Waals surface area contributed by atoms with Gasteiger partial charge in [-0.05, 0) is 42.9 Å². The van der Waals surface area contributed by atoms with E-state index in [1.807, 2.05) is 0 Å². The minimum Gasteiger partial charge on any atom is -0.396 e. The van der Waals surface area contributed by atoms with Gasteiger partial charge in [-0.15, -0.1) is 0 Å². The first-order valence-electron chi connectivity index (χ1n) is 6.17. The Bertz CT molecular complexity index is 240. The molecule has 0 aliphatic heterocycles. The van der Waals surface area contributed by atoms with Crippen LogP contribution in [0, 0.1) is 23.2 Å². The van der Waals surface area contributed by atoms with Gasteiger partial charge in [0.1, 0.15) is 0 Å². The minimum absolute atomic E-state index is 0.323. The van der Waals surface area contributed by atoms with Crippen molar-refractivity contribution in [3.63, 3.8) is 0 Å². The highest BCUT2D eigenvalue weighted by molar-refractivity contribution is 5.18. The van der Waals surface area contributed by atoms with E-state index in [9.17, 15) is 0 Å². The average molecular weight is 210 g/mol. The topological polar surface area (TPSA) is 20.2 Å². The zero-order valence-electron chi connectivity index (χ0n) is 10.9. The molecule has 0 heterocycles. The SMILES string of the molecule is CC1=CCC([C@@H](C)C[C@H](C)CO)C1(C)C. The van der Waals surface area contributed by atoms with Crippen molar-refractivity contribution < 1.29 is 5.11 Å². The highest BCUT2D eigenvalue weighted by Gasteiger charge is 2.38. The van der Waals surface area contributed by atoms with Gasteiger partial charge in [0.05, 0.1) is 0 Å². The van der Waals surface area contributed by atoms with Crippen LogP contribution in [0.3, 0.4) is 0 Å². The second-order valence-corrected chi connectivity index (χ2v) is 5.95. The molecule has 0 saturated heterocycles. The van der Waals surface area contributed by atoms with Crippen LogP contribution in [0.25, 0.3) is 0 Å².